The lowest BCUT2D eigenvalue weighted by Gasteiger charge is -2.20. The van der Waals surface area contributed by atoms with E-state index in [0.29, 0.717) is 0 Å². The van der Waals surface area contributed by atoms with Crippen LogP contribution in [0, 0.1) is 0 Å². The van der Waals surface area contributed by atoms with Crippen LogP contribution in [0.25, 0.3) is 0 Å². The van der Waals surface area contributed by atoms with Gasteiger partial charge in [-0.1, -0.05) is 0 Å². The highest BCUT2D eigenvalue weighted by Crippen LogP contribution is 2.18. The zero-order valence-corrected chi connectivity index (χ0v) is 10.6. The molecule has 0 aliphatic carbocycles. The smallest absolute Gasteiger partial charge is 0.408 e. The second-order valence-electron chi connectivity index (χ2n) is 5.09. The number of cyclic esters (lactones) is 1. The van der Waals surface area contributed by atoms with E-state index in [1.54, 1.807) is 20.8 Å². The van der Waals surface area contributed by atoms with E-state index in [1.807, 2.05) is 0 Å². The van der Waals surface area contributed by atoms with E-state index in [2.05, 4.69) is 5.32 Å². The summed E-state index contributed by atoms with van der Waals surface area (Å²) < 4.78 is 9.82. The zero-order valence-electron chi connectivity index (χ0n) is 10.6. The van der Waals surface area contributed by atoms with Gasteiger partial charge in [-0.15, -0.1) is 0 Å². The molecule has 2 N–H and O–H groups in total. The second kappa shape index (κ2) is 5.24. The fourth-order valence-corrected chi connectivity index (χ4v) is 1.54. The maximum Gasteiger partial charge on any atom is 0.408 e. The number of aliphatic carboxylic acids is 1. The number of ether oxygens (including phenoxy) is 2. The first-order valence-electron chi connectivity index (χ1n) is 5.59. The first-order chi connectivity index (χ1) is 8.17. The van der Waals surface area contributed by atoms with Gasteiger partial charge in [0.25, 0.3) is 0 Å². The molecule has 1 heterocycles. The van der Waals surface area contributed by atoms with Crippen molar-refractivity contribution in [1.82, 2.24) is 5.32 Å². The molecule has 7 heteroatoms. The van der Waals surface area contributed by atoms with Gasteiger partial charge in [0.15, 0.2) is 0 Å². The molecule has 1 rings (SSSR count). The Hall–Kier alpha value is -1.79. The van der Waals surface area contributed by atoms with Crippen molar-refractivity contribution in [3.05, 3.63) is 0 Å². The van der Waals surface area contributed by atoms with Gasteiger partial charge in [-0.25, -0.2) is 9.59 Å². The summed E-state index contributed by atoms with van der Waals surface area (Å²) in [4.78, 5) is 33.3. The van der Waals surface area contributed by atoms with Gasteiger partial charge in [-0.05, 0) is 20.8 Å². The topological polar surface area (TPSA) is 102 Å². The number of carbonyl (C=O) groups excluding carboxylic acids is 2. The molecule has 1 aliphatic heterocycles. The van der Waals surface area contributed by atoms with Crippen molar-refractivity contribution in [3.8, 4) is 0 Å². The molecule has 0 aromatic rings. The number of hydrogen-bond acceptors (Lipinski definition) is 5. The van der Waals surface area contributed by atoms with Crippen LogP contribution >= 0.6 is 0 Å². The van der Waals surface area contributed by atoms with Gasteiger partial charge >= 0.3 is 18.0 Å². The molecular formula is C11H17NO6. The van der Waals surface area contributed by atoms with E-state index < -0.39 is 35.8 Å². The van der Waals surface area contributed by atoms with Crippen molar-refractivity contribution < 1.29 is 29.0 Å². The summed E-state index contributed by atoms with van der Waals surface area (Å²) in [5.41, 5.74) is -0.660. The highest BCUT2D eigenvalue weighted by Gasteiger charge is 2.37. The number of nitrogens with one attached hydrogen (secondary N) is 1. The van der Waals surface area contributed by atoms with Gasteiger partial charge in [0.1, 0.15) is 17.7 Å². The van der Waals surface area contributed by atoms with Gasteiger partial charge in [-0.2, -0.15) is 0 Å². The van der Waals surface area contributed by atoms with Crippen LogP contribution in [0.15, 0.2) is 0 Å². The van der Waals surface area contributed by atoms with E-state index in [1.165, 1.54) is 0 Å². The van der Waals surface area contributed by atoms with Crippen molar-refractivity contribution in [3.63, 3.8) is 0 Å². The number of hydrogen-bond donors (Lipinski definition) is 2. The van der Waals surface area contributed by atoms with Gasteiger partial charge in [0.2, 0.25) is 0 Å². The summed E-state index contributed by atoms with van der Waals surface area (Å²) in [5.74, 6) is -1.68. The lowest BCUT2D eigenvalue weighted by atomic mass is 10.1. The Labute approximate surface area is 104 Å². The lowest BCUT2D eigenvalue weighted by Crippen LogP contribution is -2.41. The molecule has 0 aromatic carbocycles. The van der Waals surface area contributed by atoms with Crippen LogP contribution in [0.2, 0.25) is 0 Å². The fraction of sp³-hybridized carbons (Fsp3) is 0.727. The van der Waals surface area contributed by atoms with Crippen LogP contribution in [0.3, 0.4) is 0 Å². The molecule has 0 unspecified atom stereocenters. The first kappa shape index (κ1) is 14.3. The maximum atomic E-state index is 11.4. The molecular weight excluding hydrogens is 242 g/mol. The van der Waals surface area contributed by atoms with E-state index in [4.69, 9.17) is 14.6 Å². The van der Waals surface area contributed by atoms with Crippen molar-refractivity contribution in [1.29, 1.82) is 0 Å². The molecule has 0 aromatic heterocycles. The number of esters is 1. The van der Waals surface area contributed by atoms with Crippen molar-refractivity contribution in [2.45, 2.75) is 51.4 Å². The van der Waals surface area contributed by atoms with Gasteiger partial charge < -0.3 is 19.9 Å². The largest absolute Gasteiger partial charge is 0.481 e. The number of carboxylic acids is 1. The fourth-order valence-electron chi connectivity index (χ4n) is 1.54. The van der Waals surface area contributed by atoms with Crippen molar-refractivity contribution in [2.75, 3.05) is 0 Å². The highest BCUT2D eigenvalue weighted by molar-refractivity contribution is 5.83. The van der Waals surface area contributed by atoms with Crippen molar-refractivity contribution in [2.24, 2.45) is 0 Å². The molecule has 1 fully saturated rings. The standard InChI is InChI=1S/C11H17NO6/c1-11(2,3)18-10(16)12-7-4-6(5-8(13)14)17-9(7)15/h6-7H,4-5H2,1-3H3,(H,12,16)(H,13,14)/t6-,7+/m1/s1. The van der Waals surface area contributed by atoms with Crippen LogP contribution < -0.4 is 5.32 Å². The van der Waals surface area contributed by atoms with E-state index >= 15 is 0 Å². The molecule has 18 heavy (non-hydrogen) atoms. The minimum Gasteiger partial charge on any atom is -0.481 e. The molecule has 102 valence electrons. The number of carboxylic acid groups (broad SMARTS) is 1. The summed E-state index contributed by atoms with van der Waals surface area (Å²) in [7, 11) is 0. The number of alkyl carbamates (subject to hydrolysis) is 1. The Morgan fingerprint density at radius 1 is 1.50 bits per heavy atom. The van der Waals surface area contributed by atoms with E-state index in [-0.39, 0.29) is 12.8 Å². The third-order valence-corrected chi connectivity index (χ3v) is 2.16. The number of amides is 1. The SMILES string of the molecule is CC(C)(C)OC(=O)N[C@H]1C[C@H](CC(=O)O)OC1=O. The highest BCUT2D eigenvalue weighted by atomic mass is 16.6. The normalized spacial score (nSPS) is 23.4. The number of rotatable bonds is 3. The summed E-state index contributed by atoms with van der Waals surface area (Å²) in [6, 6.07) is -0.843. The Bertz CT molecular complexity index is 359. The Morgan fingerprint density at radius 2 is 2.11 bits per heavy atom. The summed E-state index contributed by atoms with van der Waals surface area (Å²) in [6.45, 7) is 5.10. The Balaban J connectivity index is 2.46. The predicted molar refractivity (Wildman–Crippen MR) is 59.9 cm³/mol. The molecule has 1 saturated heterocycles. The van der Waals surface area contributed by atoms with E-state index in [9.17, 15) is 14.4 Å². The van der Waals surface area contributed by atoms with Crippen LogP contribution in [-0.4, -0.2) is 40.9 Å². The Kier molecular flexibility index (Phi) is 4.15. The van der Waals surface area contributed by atoms with Crippen LogP contribution in [-0.2, 0) is 19.1 Å². The van der Waals surface area contributed by atoms with Crippen LogP contribution in [0.1, 0.15) is 33.6 Å². The molecule has 2 atom stereocenters. The first-order valence-corrected chi connectivity index (χ1v) is 5.59. The van der Waals surface area contributed by atoms with Gasteiger partial charge in [-0.3, -0.25) is 4.79 Å². The van der Waals surface area contributed by atoms with Gasteiger partial charge in [0.05, 0.1) is 6.42 Å². The molecule has 0 spiro atoms. The molecule has 7 nitrogen and oxygen atoms in total. The third kappa shape index (κ3) is 4.60. The van der Waals surface area contributed by atoms with Gasteiger partial charge in [0, 0.05) is 6.42 Å². The summed E-state index contributed by atoms with van der Waals surface area (Å²) >= 11 is 0. The minimum atomic E-state index is -1.05. The van der Waals surface area contributed by atoms with Crippen LogP contribution in [0.4, 0.5) is 4.79 Å². The lowest BCUT2D eigenvalue weighted by molar-refractivity contribution is -0.146. The third-order valence-electron chi connectivity index (χ3n) is 2.16. The number of carbonyl (C=O) groups is 3. The second-order valence-corrected chi connectivity index (χ2v) is 5.09. The summed E-state index contributed by atoms with van der Waals surface area (Å²) in [5, 5.41) is 10.9. The molecule has 1 aliphatic rings. The quantitative estimate of drug-likeness (QED) is 0.722. The summed E-state index contributed by atoms with van der Waals surface area (Å²) in [6.07, 6.45) is -1.54. The predicted octanol–water partition coefficient (Wildman–Crippen LogP) is 0.670. The zero-order chi connectivity index (χ0) is 13.9. The molecule has 0 saturated carbocycles. The Morgan fingerprint density at radius 3 is 2.61 bits per heavy atom. The monoisotopic (exact) mass is 259 g/mol. The average Bonchev–Trinajstić information content (AvgIpc) is 2.41. The molecule has 0 bridgehead atoms. The average molecular weight is 259 g/mol. The minimum absolute atomic E-state index is 0.143. The maximum absolute atomic E-state index is 11.4. The molecule has 1 amide bonds. The van der Waals surface area contributed by atoms with E-state index in [0.717, 1.165) is 0 Å². The van der Waals surface area contributed by atoms with Crippen LogP contribution in [0.5, 0.6) is 0 Å². The van der Waals surface area contributed by atoms with Crippen molar-refractivity contribution >= 4 is 18.0 Å². The molecule has 0 radical (unpaired) electrons.